The van der Waals surface area contributed by atoms with Crippen molar-refractivity contribution in [3.05, 3.63) is 95.6 Å². The molecule has 2 amide bonds. The first-order valence-corrected chi connectivity index (χ1v) is 14.4. The summed E-state index contributed by atoms with van der Waals surface area (Å²) in [5.74, 6) is 0.436. The normalized spacial score (nSPS) is 11.4. The molecule has 1 atom stereocenters. The van der Waals surface area contributed by atoms with E-state index in [1.807, 2.05) is 72.8 Å². The number of carbonyl (C=O) groups excluding carboxylic acids is 3. The zero-order valence-corrected chi connectivity index (χ0v) is 24.2. The summed E-state index contributed by atoms with van der Waals surface area (Å²) < 4.78 is 10.7. The molecule has 0 radical (unpaired) electrons. The number of esters is 1. The maximum atomic E-state index is 12.7. The number of hydrogen-bond acceptors (Lipinski definition) is 5. The molecule has 0 aromatic heterocycles. The van der Waals surface area contributed by atoms with E-state index in [9.17, 15) is 14.4 Å². The summed E-state index contributed by atoms with van der Waals surface area (Å²) >= 11 is 0. The molecule has 3 rings (SSSR count). The van der Waals surface area contributed by atoms with Gasteiger partial charge in [0.2, 0.25) is 11.8 Å². The minimum absolute atomic E-state index is 0.00527. The van der Waals surface area contributed by atoms with Gasteiger partial charge in [-0.3, -0.25) is 14.4 Å². The average molecular weight is 559 g/mol. The van der Waals surface area contributed by atoms with Crippen LogP contribution in [-0.4, -0.2) is 30.9 Å². The van der Waals surface area contributed by atoms with Crippen LogP contribution in [0.3, 0.4) is 0 Å². The van der Waals surface area contributed by atoms with Crippen molar-refractivity contribution in [1.29, 1.82) is 0 Å². The Morgan fingerprint density at radius 3 is 2.24 bits per heavy atom. The van der Waals surface area contributed by atoms with Crippen LogP contribution in [0.5, 0.6) is 5.75 Å². The van der Waals surface area contributed by atoms with Gasteiger partial charge in [-0.2, -0.15) is 0 Å². The second-order valence-electron chi connectivity index (χ2n) is 10.3. The van der Waals surface area contributed by atoms with Crippen molar-refractivity contribution in [3.8, 4) is 5.75 Å². The fourth-order valence-electron chi connectivity index (χ4n) is 4.64. The molecular weight excluding hydrogens is 516 g/mol. The van der Waals surface area contributed by atoms with Crippen molar-refractivity contribution in [2.24, 2.45) is 0 Å². The molecule has 41 heavy (non-hydrogen) atoms. The molecule has 7 heteroatoms. The first-order valence-electron chi connectivity index (χ1n) is 14.4. The van der Waals surface area contributed by atoms with Gasteiger partial charge in [-0.1, -0.05) is 67.4 Å². The van der Waals surface area contributed by atoms with Gasteiger partial charge >= 0.3 is 5.97 Å². The van der Waals surface area contributed by atoms with Gasteiger partial charge < -0.3 is 20.1 Å². The highest BCUT2D eigenvalue weighted by molar-refractivity contribution is 5.88. The van der Waals surface area contributed by atoms with Crippen LogP contribution in [0.4, 0.5) is 5.69 Å². The average Bonchev–Trinajstić information content (AvgIpc) is 2.97. The molecule has 0 unspecified atom stereocenters. The smallest absolute Gasteiger partial charge is 0.305 e. The monoisotopic (exact) mass is 558 g/mol. The summed E-state index contributed by atoms with van der Waals surface area (Å²) in [6.45, 7) is 2.01. The third kappa shape index (κ3) is 12.7. The summed E-state index contributed by atoms with van der Waals surface area (Å²) in [6, 6.07) is 25.7. The highest BCUT2D eigenvalue weighted by Gasteiger charge is 2.15. The molecule has 2 N–H and O–H groups in total. The predicted molar refractivity (Wildman–Crippen MR) is 162 cm³/mol. The molecule has 218 valence electrons. The van der Waals surface area contributed by atoms with E-state index in [1.54, 1.807) is 0 Å². The largest absolute Gasteiger partial charge is 0.489 e. The number of amides is 2. The van der Waals surface area contributed by atoms with Crippen LogP contribution in [0.2, 0.25) is 0 Å². The molecule has 7 nitrogen and oxygen atoms in total. The quantitative estimate of drug-likeness (QED) is 0.148. The van der Waals surface area contributed by atoms with Gasteiger partial charge in [0.15, 0.2) is 0 Å². The van der Waals surface area contributed by atoms with E-state index < -0.39 is 0 Å². The second kappa shape index (κ2) is 17.5. The minimum atomic E-state index is -0.281. The van der Waals surface area contributed by atoms with Gasteiger partial charge in [0.05, 0.1) is 7.11 Å². The van der Waals surface area contributed by atoms with Gasteiger partial charge in [-0.25, -0.2) is 0 Å². The van der Waals surface area contributed by atoms with Gasteiger partial charge in [-0.15, -0.1) is 0 Å². The summed E-state index contributed by atoms with van der Waals surface area (Å²) in [7, 11) is 1.38. The maximum Gasteiger partial charge on any atom is 0.305 e. The minimum Gasteiger partial charge on any atom is -0.489 e. The van der Waals surface area contributed by atoms with E-state index >= 15 is 0 Å². The van der Waals surface area contributed by atoms with Crippen molar-refractivity contribution in [3.63, 3.8) is 0 Å². The molecular formula is C34H42N2O5. The molecule has 0 saturated heterocycles. The standard InChI is InChI=1S/C34H42N2O5/c1-26(37)35-30-15-10-14-27(23-30)11-6-3-4-9-16-33(38)36-31(19-22-34(39)40-2)24-28-17-20-32(21-18-28)41-25-29-12-7-5-8-13-29/h5,7-8,10,12-15,17-18,20-21,23,31H,3-4,6,9,11,16,19,22,24-25H2,1-2H3,(H,35,37)(H,36,38)/t31-/m0/s1. The first kappa shape index (κ1) is 31.4. The van der Waals surface area contributed by atoms with E-state index in [-0.39, 0.29) is 30.2 Å². The van der Waals surface area contributed by atoms with Crippen LogP contribution >= 0.6 is 0 Å². The van der Waals surface area contributed by atoms with Crippen LogP contribution in [0.15, 0.2) is 78.9 Å². The SMILES string of the molecule is COC(=O)CC[C@@H](Cc1ccc(OCc2ccccc2)cc1)NC(=O)CCCCCCc1cccc(NC(C)=O)c1. The molecule has 0 bridgehead atoms. The van der Waals surface area contributed by atoms with Gasteiger partial charge in [0, 0.05) is 31.5 Å². The van der Waals surface area contributed by atoms with Crippen LogP contribution in [0.1, 0.15) is 68.6 Å². The molecule has 3 aromatic carbocycles. The lowest BCUT2D eigenvalue weighted by Crippen LogP contribution is -2.36. The number of anilines is 1. The molecule has 0 saturated carbocycles. The molecule has 0 aliphatic heterocycles. The lowest BCUT2D eigenvalue weighted by Gasteiger charge is -2.19. The van der Waals surface area contributed by atoms with Crippen molar-refractivity contribution in [2.45, 2.75) is 77.4 Å². The van der Waals surface area contributed by atoms with Crippen LogP contribution in [0, 0.1) is 0 Å². The third-order valence-corrected chi connectivity index (χ3v) is 6.81. The number of methoxy groups -OCH3 is 1. The Balaban J connectivity index is 1.40. The Bertz CT molecular complexity index is 1230. The highest BCUT2D eigenvalue weighted by Crippen LogP contribution is 2.17. The number of benzene rings is 3. The van der Waals surface area contributed by atoms with Crippen LogP contribution in [0.25, 0.3) is 0 Å². The van der Waals surface area contributed by atoms with Gasteiger partial charge in [0.25, 0.3) is 0 Å². The molecule has 0 aliphatic rings. The second-order valence-corrected chi connectivity index (χ2v) is 10.3. The Morgan fingerprint density at radius 1 is 0.780 bits per heavy atom. The van der Waals surface area contributed by atoms with E-state index in [1.165, 1.54) is 19.6 Å². The van der Waals surface area contributed by atoms with Crippen LogP contribution in [-0.2, 0) is 38.6 Å². The number of nitrogens with one attached hydrogen (secondary N) is 2. The summed E-state index contributed by atoms with van der Waals surface area (Å²) in [5, 5.41) is 5.95. The Labute approximate surface area is 243 Å². The van der Waals surface area contributed by atoms with Crippen molar-refractivity contribution >= 4 is 23.5 Å². The van der Waals surface area contributed by atoms with E-state index in [0.29, 0.717) is 25.9 Å². The topological polar surface area (TPSA) is 93.7 Å². The number of carbonyl (C=O) groups is 3. The van der Waals surface area contributed by atoms with Crippen molar-refractivity contribution in [2.75, 3.05) is 12.4 Å². The van der Waals surface area contributed by atoms with Crippen LogP contribution < -0.4 is 15.4 Å². The lowest BCUT2D eigenvalue weighted by atomic mass is 10.0. The van der Waals surface area contributed by atoms with Crippen molar-refractivity contribution < 1.29 is 23.9 Å². The Morgan fingerprint density at radius 2 is 1.51 bits per heavy atom. The van der Waals surface area contributed by atoms with E-state index in [4.69, 9.17) is 9.47 Å². The zero-order valence-electron chi connectivity index (χ0n) is 24.2. The van der Waals surface area contributed by atoms with Crippen molar-refractivity contribution in [1.82, 2.24) is 5.32 Å². The number of rotatable bonds is 17. The fraction of sp³-hybridized carbons (Fsp3) is 0.382. The number of unbranched alkanes of at least 4 members (excludes halogenated alkanes) is 3. The molecule has 0 spiro atoms. The summed E-state index contributed by atoms with van der Waals surface area (Å²) in [5.41, 5.74) is 4.18. The molecule has 0 fully saturated rings. The summed E-state index contributed by atoms with van der Waals surface area (Å²) in [4.78, 5) is 35.7. The van der Waals surface area contributed by atoms with E-state index in [0.717, 1.165) is 54.7 Å². The number of hydrogen-bond donors (Lipinski definition) is 2. The summed E-state index contributed by atoms with van der Waals surface area (Å²) in [6.07, 6.45) is 6.62. The maximum absolute atomic E-state index is 12.7. The Kier molecular flexibility index (Phi) is 13.4. The predicted octanol–water partition coefficient (Wildman–Crippen LogP) is 6.40. The number of ether oxygens (including phenoxy) is 2. The molecule has 3 aromatic rings. The highest BCUT2D eigenvalue weighted by atomic mass is 16.5. The first-order chi connectivity index (χ1) is 19.9. The zero-order chi connectivity index (χ0) is 29.3. The number of aryl methyl sites for hydroxylation is 1. The molecule has 0 heterocycles. The van der Waals surface area contributed by atoms with Gasteiger partial charge in [0.1, 0.15) is 12.4 Å². The molecule has 0 aliphatic carbocycles. The fourth-order valence-corrected chi connectivity index (χ4v) is 4.64. The Hall–Kier alpha value is -4.13. The van der Waals surface area contributed by atoms with E-state index in [2.05, 4.69) is 16.7 Å². The third-order valence-electron chi connectivity index (χ3n) is 6.81. The van der Waals surface area contributed by atoms with Gasteiger partial charge in [-0.05, 0) is 73.1 Å². The lowest BCUT2D eigenvalue weighted by molar-refractivity contribution is -0.141.